The molecule has 0 bridgehead atoms. The molecule has 0 saturated heterocycles. The zero-order chi connectivity index (χ0) is 78.1. The Balaban J connectivity index is 0.858. The highest BCUT2D eigenvalue weighted by atomic mass is 16.4. The fourth-order valence-electron chi connectivity index (χ4n) is 15.0. The molecule has 6 atom stereocenters. The Morgan fingerprint density at radius 3 is 1.24 bits per heavy atom. The molecule has 21 nitrogen and oxygen atoms in total. The van der Waals surface area contributed by atoms with E-state index in [1.807, 2.05) is 157 Å². The standard InChI is InChI=1S/C87H99N9O12/c1-48(2)27-73(94-26-25-58(31-77(94)98)30-60-19-17-53(9)83(56(60)12)68-34-66(42-89-44-68)72(39-81(104)105)93-87(108)75(29-50(5)6)96-47-62(59-21-22-59)23-24-76(96)97)85(106)91-71(38-80(102)103)65-35-69(45-90-41-65)84-54(10)18-20-61(57(84)13)32-63-36-78(99)95(46-55(63)11)74(28-49(3)4)86(107)92-70(37-79(100)101)64-33-67(43-88-40-64)82-51(7)15-14-16-52(82)8/h14-20,23-26,31,33-36,40-50,59,70-75H,21-22,27-30,32,37-39H2,1-13H3,(H,91,106)(H,92,107)(H,93,108)(H,100,101)(H,102,103)(H,104,105)/t70-,71-,72-,73-,74-,75-/m1/s1. The molecular weight excluding hydrogens is 1360 g/mol. The molecule has 0 unspecified atom stereocenters. The van der Waals surface area contributed by atoms with Gasteiger partial charge in [-0.15, -0.1) is 0 Å². The van der Waals surface area contributed by atoms with Gasteiger partial charge >= 0.3 is 17.9 Å². The maximum Gasteiger partial charge on any atom is 0.305 e. The van der Waals surface area contributed by atoms with Crippen LogP contribution in [0.5, 0.6) is 0 Å². The van der Waals surface area contributed by atoms with Gasteiger partial charge in [-0.1, -0.05) is 90.1 Å². The minimum atomic E-state index is -1.17. The summed E-state index contributed by atoms with van der Waals surface area (Å²) < 4.78 is 4.29. The number of carboxylic acid groups (broad SMARTS) is 3. The summed E-state index contributed by atoms with van der Waals surface area (Å²) in [5, 5.41) is 39.6. The van der Waals surface area contributed by atoms with Crippen molar-refractivity contribution in [2.75, 3.05) is 0 Å². The van der Waals surface area contributed by atoms with Crippen molar-refractivity contribution < 1.29 is 44.1 Å². The quantitative estimate of drug-likeness (QED) is 0.0228. The van der Waals surface area contributed by atoms with Crippen molar-refractivity contribution in [2.24, 2.45) is 17.8 Å². The molecule has 0 spiro atoms. The fraction of sp³-hybridized carbons (Fsp3) is 0.379. The largest absolute Gasteiger partial charge is 0.481 e. The molecule has 3 aromatic carbocycles. The summed E-state index contributed by atoms with van der Waals surface area (Å²) >= 11 is 0. The van der Waals surface area contributed by atoms with Gasteiger partial charge in [0.15, 0.2) is 0 Å². The summed E-state index contributed by atoms with van der Waals surface area (Å²) in [6.07, 6.45) is 17.0. The number of aryl methyl sites for hydroxylation is 5. The van der Waals surface area contributed by atoms with Crippen LogP contribution in [0, 0.1) is 66.2 Å². The summed E-state index contributed by atoms with van der Waals surface area (Å²) in [6, 6.07) is 21.6. The Morgan fingerprint density at radius 2 is 0.824 bits per heavy atom. The van der Waals surface area contributed by atoms with Gasteiger partial charge in [0, 0.05) is 90.7 Å². The summed E-state index contributed by atoms with van der Waals surface area (Å²) in [4.78, 5) is 137. The van der Waals surface area contributed by atoms with Crippen molar-refractivity contribution in [1.82, 2.24) is 44.6 Å². The van der Waals surface area contributed by atoms with Crippen molar-refractivity contribution in [3.8, 4) is 33.4 Å². The molecule has 108 heavy (non-hydrogen) atoms. The lowest BCUT2D eigenvalue weighted by Gasteiger charge is -2.26. The predicted molar refractivity (Wildman–Crippen MR) is 417 cm³/mol. The van der Waals surface area contributed by atoms with Crippen LogP contribution < -0.4 is 32.6 Å². The van der Waals surface area contributed by atoms with Gasteiger partial charge in [-0.2, -0.15) is 0 Å². The summed E-state index contributed by atoms with van der Waals surface area (Å²) in [5.74, 6) is -4.68. The summed E-state index contributed by atoms with van der Waals surface area (Å²) in [5.41, 5.74) is 15.5. The van der Waals surface area contributed by atoms with Gasteiger partial charge in [-0.05, 0) is 241 Å². The van der Waals surface area contributed by atoms with Gasteiger partial charge in [-0.25, -0.2) is 0 Å². The normalized spacial score (nSPS) is 13.9. The van der Waals surface area contributed by atoms with E-state index in [2.05, 4.69) is 30.9 Å². The second-order valence-electron chi connectivity index (χ2n) is 30.6. The zero-order valence-electron chi connectivity index (χ0n) is 63.9. The molecule has 3 amide bonds. The molecule has 9 aromatic rings. The number of aliphatic carboxylic acids is 3. The second kappa shape index (κ2) is 34.6. The van der Waals surface area contributed by atoms with Crippen molar-refractivity contribution in [3.05, 3.63) is 261 Å². The molecule has 0 aliphatic heterocycles. The SMILES string of the molecule is Cc1cn([C@H](CC(C)C)C(=O)N[C@H](CC(=O)O)c2cncc(-c3c(C)cccc3C)c2)c(=O)cc1Cc1ccc(C)c(-c2cncc([C@@H](CC(=O)O)NC(=O)[C@@H](CC(C)C)n3ccc(Cc4ccc(C)c(-c5cncc([C@@H](CC(=O)O)NC(=O)[C@@H](CC(C)C)n6cc(C7CC7)ccc6=O)c5)c4C)cc3=O)c2)c1C. The smallest absolute Gasteiger partial charge is 0.305 e. The van der Waals surface area contributed by atoms with Crippen LogP contribution in [0.15, 0.2) is 161 Å². The molecule has 1 fully saturated rings. The molecule has 0 radical (unpaired) electrons. The lowest BCUT2D eigenvalue weighted by molar-refractivity contribution is -0.139. The Bertz CT molecular complexity index is 5060. The van der Waals surface area contributed by atoms with Gasteiger partial charge in [0.2, 0.25) is 17.7 Å². The summed E-state index contributed by atoms with van der Waals surface area (Å²) in [6.45, 7) is 25.4. The van der Waals surface area contributed by atoms with Crippen LogP contribution in [0.3, 0.4) is 0 Å². The number of pyridine rings is 6. The van der Waals surface area contributed by atoms with Crippen LogP contribution >= 0.6 is 0 Å². The van der Waals surface area contributed by atoms with Crippen LogP contribution in [0.2, 0.25) is 0 Å². The van der Waals surface area contributed by atoms with Crippen molar-refractivity contribution in [1.29, 1.82) is 0 Å². The van der Waals surface area contributed by atoms with Gasteiger partial charge in [-0.3, -0.25) is 58.1 Å². The second-order valence-corrected chi connectivity index (χ2v) is 30.6. The van der Waals surface area contributed by atoms with Gasteiger partial charge in [0.25, 0.3) is 16.7 Å². The Labute approximate surface area is 630 Å². The minimum Gasteiger partial charge on any atom is -0.481 e. The highest BCUT2D eigenvalue weighted by Crippen LogP contribution is 2.41. The topological polar surface area (TPSA) is 304 Å². The molecule has 1 aliphatic carbocycles. The monoisotopic (exact) mass is 1460 g/mol. The number of nitrogens with one attached hydrogen (secondary N) is 3. The van der Waals surface area contributed by atoms with E-state index in [1.54, 1.807) is 61.7 Å². The van der Waals surface area contributed by atoms with Crippen LogP contribution in [-0.4, -0.2) is 79.6 Å². The predicted octanol–water partition coefficient (Wildman–Crippen LogP) is 14.3. The van der Waals surface area contributed by atoms with E-state index in [-0.39, 0.29) is 36.2 Å². The van der Waals surface area contributed by atoms with Crippen molar-refractivity contribution in [2.45, 2.75) is 196 Å². The van der Waals surface area contributed by atoms with Crippen molar-refractivity contribution in [3.63, 3.8) is 0 Å². The molecule has 1 saturated carbocycles. The number of rotatable bonds is 32. The molecule has 6 heterocycles. The van der Waals surface area contributed by atoms with E-state index < -0.39 is 102 Å². The van der Waals surface area contributed by atoms with Gasteiger partial charge in [0.05, 0.1) is 37.4 Å². The lowest BCUT2D eigenvalue weighted by Crippen LogP contribution is -2.40. The van der Waals surface area contributed by atoms with E-state index in [9.17, 15) is 58.5 Å². The maximum absolute atomic E-state index is 14.8. The zero-order valence-corrected chi connectivity index (χ0v) is 63.9. The number of amides is 3. The third kappa shape index (κ3) is 19.3. The Morgan fingerprint density at radius 1 is 0.426 bits per heavy atom. The van der Waals surface area contributed by atoms with Crippen LogP contribution in [-0.2, 0) is 41.6 Å². The fourth-order valence-corrected chi connectivity index (χ4v) is 15.0. The molecule has 6 N–H and O–H groups in total. The molecule has 1 aliphatic rings. The van der Waals surface area contributed by atoms with Gasteiger partial charge in [0.1, 0.15) is 18.1 Å². The Kier molecular flexibility index (Phi) is 25.4. The first-order valence-electron chi connectivity index (χ1n) is 37.1. The number of aromatic nitrogens is 6. The van der Waals surface area contributed by atoms with E-state index in [0.717, 1.165) is 96.3 Å². The third-order valence-corrected chi connectivity index (χ3v) is 20.7. The number of carboxylic acids is 3. The highest BCUT2D eigenvalue weighted by molar-refractivity contribution is 5.84. The first-order chi connectivity index (χ1) is 51.3. The number of benzene rings is 3. The minimum absolute atomic E-state index is 0.0277. The number of hydrogen-bond acceptors (Lipinski definition) is 12. The molecule has 6 aromatic heterocycles. The lowest BCUT2D eigenvalue weighted by atomic mass is 9.89. The van der Waals surface area contributed by atoms with E-state index in [0.29, 0.717) is 58.6 Å². The molecule has 21 heteroatoms. The first-order valence-corrected chi connectivity index (χ1v) is 37.1. The van der Waals surface area contributed by atoms with Crippen molar-refractivity contribution >= 4 is 35.6 Å². The van der Waals surface area contributed by atoms with Gasteiger partial charge < -0.3 is 45.0 Å². The molecule has 10 rings (SSSR count). The molecular formula is C87H99N9O12. The highest BCUT2D eigenvalue weighted by Gasteiger charge is 2.33. The number of nitrogens with zero attached hydrogens (tertiary/aromatic N) is 6. The van der Waals surface area contributed by atoms with Crippen LogP contribution in [0.1, 0.15) is 219 Å². The average molecular weight is 1460 g/mol. The van der Waals surface area contributed by atoms with E-state index in [1.165, 1.54) is 32.0 Å². The first kappa shape index (κ1) is 79.3. The number of hydrogen-bond donors (Lipinski definition) is 6. The van der Waals surface area contributed by atoms with E-state index >= 15 is 0 Å². The number of carbonyl (C=O) groups is 6. The third-order valence-electron chi connectivity index (χ3n) is 20.7. The van der Waals surface area contributed by atoms with E-state index in [4.69, 9.17) is 0 Å². The summed E-state index contributed by atoms with van der Waals surface area (Å²) in [7, 11) is 0. The van der Waals surface area contributed by atoms with Crippen LogP contribution in [0.4, 0.5) is 0 Å². The maximum atomic E-state index is 14.8. The number of carbonyl (C=O) groups excluding carboxylic acids is 3. The average Bonchev–Trinajstić information content (AvgIpc) is 0.841. The Hall–Kier alpha value is -11.2. The van der Waals surface area contributed by atoms with Crippen LogP contribution in [0.25, 0.3) is 33.4 Å². The molecule has 564 valence electrons.